The van der Waals surface area contributed by atoms with Gasteiger partial charge in [-0.2, -0.15) is 0 Å². The molecule has 0 aromatic heterocycles. The standard InChI is InChI=1S/C18H23BrN2O4/c1-11-14(19)6-5-13-15(11)24-10-12-9-20(7-8-21(12)16(13)22)17(23)25-18(2,3)4/h5-6,12H,7-10H2,1-4H3/t12-/m1/s1. The van der Waals surface area contributed by atoms with Crippen molar-refractivity contribution in [2.24, 2.45) is 0 Å². The fraction of sp³-hybridized carbons (Fsp3) is 0.556. The molecule has 0 aliphatic carbocycles. The lowest BCUT2D eigenvalue weighted by molar-refractivity contribution is 0.000934. The van der Waals surface area contributed by atoms with E-state index in [1.54, 1.807) is 15.9 Å². The fourth-order valence-electron chi connectivity index (χ4n) is 3.11. The van der Waals surface area contributed by atoms with Gasteiger partial charge in [0.1, 0.15) is 18.0 Å². The van der Waals surface area contributed by atoms with Gasteiger partial charge in [0.05, 0.1) is 11.6 Å². The number of halogens is 1. The molecule has 2 amide bonds. The number of carbonyl (C=O) groups excluding carboxylic acids is 2. The molecule has 2 aliphatic heterocycles. The number of hydrogen-bond donors (Lipinski definition) is 0. The van der Waals surface area contributed by atoms with Crippen molar-refractivity contribution >= 4 is 27.9 Å². The minimum absolute atomic E-state index is 0.0445. The minimum Gasteiger partial charge on any atom is -0.490 e. The summed E-state index contributed by atoms with van der Waals surface area (Å²) in [6, 6.07) is 3.48. The SMILES string of the molecule is Cc1c(Br)ccc2c1OC[C@H]1CN(C(=O)OC(C)(C)C)CCN1C2=O. The monoisotopic (exact) mass is 410 g/mol. The molecule has 136 valence electrons. The minimum atomic E-state index is -0.538. The first-order valence-corrected chi connectivity index (χ1v) is 9.17. The van der Waals surface area contributed by atoms with Gasteiger partial charge in [0, 0.05) is 29.7 Å². The Morgan fingerprint density at radius 2 is 2.04 bits per heavy atom. The summed E-state index contributed by atoms with van der Waals surface area (Å²) >= 11 is 3.48. The number of carbonyl (C=O) groups is 2. The summed E-state index contributed by atoms with van der Waals surface area (Å²) in [6.45, 7) is 9.16. The van der Waals surface area contributed by atoms with Crippen LogP contribution in [-0.4, -0.2) is 59.7 Å². The van der Waals surface area contributed by atoms with E-state index in [0.29, 0.717) is 37.6 Å². The highest BCUT2D eigenvalue weighted by Gasteiger charge is 2.38. The van der Waals surface area contributed by atoms with Crippen LogP contribution in [0, 0.1) is 6.92 Å². The number of rotatable bonds is 0. The molecule has 0 spiro atoms. The fourth-order valence-corrected chi connectivity index (χ4v) is 3.43. The van der Waals surface area contributed by atoms with Crippen molar-refractivity contribution < 1.29 is 19.1 Å². The molecule has 1 fully saturated rings. The van der Waals surface area contributed by atoms with E-state index in [1.807, 2.05) is 33.8 Å². The molecule has 6 nitrogen and oxygen atoms in total. The predicted molar refractivity (Wildman–Crippen MR) is 97.0 cm³/mol. The first-order valence-electron chi connectivity index (χ1n) is 8.38. The van der Waals surface area contributed by atoms with Crippen molar-refractivity contribution in [1.82, 2.24) is 9.80 Å². The Balaban J connectivity index is 1.80. The predicted octanol–water partition coefficient (Wildman–Crippen LogP) is 3.21. The Morgan fingerprint density at radius 3 is 2.72 bits per heavy atom. The van der Waals surface area contributed by atoms with E-state index in [9.17, 15) is 9.59 Å². The van der Waals surface area contributed by atoms with E-state index < -0.39 is 5.60 Å². The van der Waals surface area contributed by atoms with E-state index in [0.717, 1.165) is 10.0 Å². The molecule has 1 atom stereocenters. The summed E-state index contributed by atoms with van der Waals surface area (Å²) in [5, 5.41) is 0. The second kappa shape index (κ2) is 6.52. The van der Waals surface area contributed by atoms with Crippen molar-refractivity contribution in [2.45, 2.75) is 39.3 Å². The maximum absolute atomic E-state index is 12.9. The largest absolute Gasteiger partial charge is 0.490 e. The second-order valence-corrected chi connectivity index (χ2v) is 8.29. The molecule has 25 heavy (non-hydrogen) atoms. The third-order valence-electron chi connectivity index (χ3n) is 4.39. The number of amides is 2. The van der Waals surface area contributed by atoms with Crippen molar-refractivity contribution in [2.75, 3.05) is 26.2 Å². The third-order valence-corrected chi connectivity index (χ3v) is 5.24. The smallest absolute Gasteiger partial charge is 0.410 e. The van der Waals surface area contributed by atoms with Crippen LogP contribution in [0.2, 0.25) is 0 Å². The molecular weight excluding hydrogens is 388 g/mol. The normalized spacial score (nSPS) is 20.4. The van der Waals surface area contributed by atoms with Gasteiger partial charge in [-0.25, -0.2) is 4.79 Å². The number of benzene rings is 1. The topological polar surface area (TPSA) is 59.1 Å². The van der Waals surface area contributed by atoms with E-state index in [-0.39, 0.29) is 18.0 Å². The van der Waals surface area contributed by atoms with E-state index in [1.165, 1.54) is 0 Å². The van der Waals surface area contributed by atoms with Gasteiger partial charge in [-0.15, -0.1) is 0 Å². The molecule has 0 radical (unpaired) electrons. The highest BCUT2D eigenvalue weighted by molar-refractivity contribution is 9.10. The molecule has 0 N–H and O–H groups in total. The zero-order valence-electron chi connectivity index (χ0n) is 15.0. The number of piperazine rings is 1. The van der Waals surface area contributed by atoms with Crippen molar-refractivity contribution in [3.8, 4) is 5.75 Å². The zero-order valence-corrected chi connectivity index (χ0v) is 16.6. The lowest BCUT2D eigenvalue weighted by Gasteiger charge is -2.40. The highest BCUT2D eigenvalue weighted by atomic mass is 79.9. The molecule has 2 aliphatic rings. The number of hydrogen-bond acceptors (Lipinski definition) is 4. The first kappa shape index (κ1) is 18.0. The second-order valence-electron chi connectivity index (χ2n) is 7.44. The highest BCUT2D eigenvalue weighted by Crippen LogP contribution is 2.34. The summed E-state index contributed by atoms with van der Waals surface area (Å²) in [7, 11) is 0. The van der Waals surface area contributed by atoms with Crippen LogP contribution in [0.25, 0.3) is 0 Å². The Labute approximate surface area is 156 Å². The summed E-state index contributed by atoms with van der Waals surface area (Å²) < 4.78 is 12.3. The van der Waals surface area contributed by atoms with Gasteiger partial charge in [0.15, 0.2) is 0 Å². The average molecular weight is 411 g/mol. The molecule has 7 heteroatoms. The molecular formula is C18H23BrN2O4. The molecule has 0 unspecified atom stereocenters. The maximum atomic E-state index is 12.9. The Kier molecular flexibility index (Phi) is 4.70. The third kappa shape index (κ3) is 3.61. The van der Waals surface area contributed by atoms with Crippen LogP contribution in [0.4, 0.5) is 4.79 Å². The molecule has 1 aromatic rings. The molecule has 0 bridgehead atoms. The number of fused-ring (bicyclic) bond motifs is 2. The van der Waals surface area contributed by atoms with Gasteiger partial charge in [0.2, 0.25) is 0 Å². The van der Waals surface area contributed by atoms with E-state index in [2.05, 4.69) is 15.9 Å². The van der Waals surface area contributed by atoms with Crippen LogP contribution >= 0.6 is 15.9 Å². The zero-order chi connectivity index (χ0) is 18.4. The van der Waals surface area contributed by atoms with Gasteiger partial charge in [0.25, 0.3) is 5.91 Å². The number of nitrogens with zero attached hydrogens (tertiary/aromatic N) is 2. The molecule has 1 aromatic carbocycles. The van der Waals surface area contributed by atoms with Crippen LogP contribution in [-0.2, 0) is 4.74 Å². The van der Waals surface area contributed by atoms with Crippen LogP contribution in [0.1, 0.15) is 36.7 Å². The maximum Gasteiger partial charge on any atom is 0.410 e. The summed E-state index contributed by atoms with van der Waals surface area (Å²) in [6.07, 6.45) is -0.347. The van der Waals surface area contributed by atoms with Crippen molar-refractivity contribution in [1.29, 1.82) is 0 Å². The summed E-state index contributed by atoms with van der Waals surface area (Å²) in [5.41, 5.74) is 0.951. The summed E-state index contributed by atoms with van der Waals surface area (Å²) in [4.78, 5) is 28.7. The van der Waals surface area contributed by atoms with Gasteiger partial charge in [-0.3, -0.25) is 4.79 Å². The molecule has 3 rings (SSSR count). The van der Waals surface area contributed by atoms with Crippen molar-refractivity contribution in [3.63, 3.8) is 0 Å². The Morgan fingerprint density at radius 1 is 1.32 bits per heavy atom. The first-order chi connectivity index (χ1) is 11.7. The van der Waals surface area contributed by atoms with E-state index >= 15 is 0 Å². The van der Waals surface area contributed by atoms with Gasteiger partial charge in [-0.05, 0) is 39.8 Å². The van der Waals surface area contributed by atoms with Crippen LogP contribution in [0.5, 0.6) is 5.75 Å². The Hall–Kier alpha value is -1.76. The molecule has 1 saturated heterocycles. The number of ether oxygens (including phenoxy) is 2. The molecule has 2 heterocycles. The van der Waals surface area contributed by atoms with Gasteiger partial charge < -0.3 is 19.3 Å². The van der Waals surface area contributed by atoms with Crippen molar-refractivity contribution in [3.05, 3.63) is 27.7 Å². The van der Waals surface area contributed by atoms with Crippen LogP contribution in [0.15, 0.2) is 16.6 Å². The van der Waals surface area contributed by atoms with Crippen LogP contribution in [0.3, 0.4) is 0 Å². The van der Waals surface area contributed by atoms with E-state index in [4.69, 9.17) is 9.47 Å². The summed E-state index contributed by atoms with van der Waals surface area (Å²) in [5.74, 6) is 0.578. The lowest BCUT2D eigenvalue weighted by Crippen LogP contribution is -2.58. The quantitative estimate of drug-likeness (QED) is 0.658. The average Bonchev–Trinajstić information content (AvgIpc) is 2.67. The van der Waals surface area contributed by atoms with Gasteiger partial charge >= 0.3 is 6.09 Å². The van der Waals surface area contributed by atoms with Gasteiger partial charge in [-0.1, -0.05) is 15.9 Å². The molecule has 0 saturated carbocycles. The van der Waals surface area contributed by atoms with Crippen LogP contribution < -0.4 is 4.74 Å². The lowest BCUT2D eigenvalue weighted by atomic mass is 10.1. The Bertz CT molecular complexity index is 714.